The molecular formula is C21H27N3O. The molecule has 3 unspecified atom stereocenters. The summed E-state index contributed by atoms with van der Waals surface area (Å²) in [4.78, 5) is 4.30. The molecule has 3 N–H and O–H groups in total. The molecule has 1 aliphatic carbocycles. The van der Waals surface area contributed by atoms with Gasteiger partial charge < -0.3 is 15.7 Å². The van der Waals surface area contributed by atoms with Crippen LogP contribution in [-0.2, 0) is 0 Å². The number of benzene rings is 2. The van der Waals surface area contributed by atoms with Crippen LogP contribution in [0.5, 0.6) is 0 Å². The number of nitrogens with zero attached hydrogens (tertiary/aromatic N) is 1. The van der Waals surface area contributed by atoms with Crippen LogP contribution in [0.25, 0.3) is 0 Å². The zero-order valence-electron chi connectivity index (χ0n) is 14.7. The largest absolute Gasteiger partial charge is 0.396 e. The number of aliphatic hydroxyl groups excluding tert-OH is 1. The lowest BCUT2D eigenvalue weighted by atomic mass is 10.0. The number of hydrogen-bond donors (Lipinski definition) is 3. The number of rotatable bonds is 7. The van der Waals surface area contributed by atoms with Crippen molar-refractivity contribution in [2.45, 2.75) is 18.3 Å². The van der Waals surface area contributed by atoms with E-state index in [0.29, 0.717) is 18.4 Å². The van der Waals surface area contributed by atoms with Crippen LogP contribution in [0.15, 0.2) is 65.7 Å². The van der Waals surface area contributed by atoms with Crippen molar-refractivity contribution in [1.29, 1.82) is 0 Å². The third-order valence-electron chi connectivity index (χ3n) is 4.91. The van der Waals surface area contributed by atoms with E-state index in [-0.39, 0.29) is 12.5 Å². The highest BCUT2D eigenvalue weighted by molar-refractivity contribution is 5.79. The molecule has 1 fully saturated rings. The van der Waals surface area contributed by atoms with E-state index in [1.807, 2.05) is 30.3 Å². The first-order valence-electron chi connectivity index (χ1n) is 8.97. The molecule has 2 aromatic rings. The Morgan fingerprint density at radius 1 is 1.08 bits per heavy atom. The lowest BCUT2D eigenvalue weighted by molar-refractivity contribution is 0.265. The fourth-order valence-corrected chi connectivity index (χ4v) is 3.26. The maximum absolute atomic E-state index is 9.65. The summed E-state index contributed by atoms with van der Waals surface area (Å²) < 4.78 is 0. The van der Waals surface area contributed by atoms with Crippen LogP contribution in [0, 0.1) is 5.92 Å². The molecule has 0 radical (unpaired) electrons. The van der Waals surface area contributed by atoms with Crippen LogP contribution in [0.4, 0.5) is 0 Å². The Hall–Kier alpha value is -2.33. The SMILES string of the molecule is CN=C(NCC(CO)c1ccccc1)NCC1CC1c1ccccc1. The molecule has 1 saturated carbocycles. The average Bonchev–Trinajstić information content (AvgIpc) is 3.46. The average molecular weight is 337 g/mol. The highest BCUT2D eigenvalue weighted by Crippen LogP contribution is 2.46. The maximum Gasteiger partial charge on any atom is 0.191 e. The van der Waals surface area contributed by atoms with E-state index in [9.17, 15) is 5.11 Å². The lowest BCUT2D eigenvalue weighted by Gasteiger charge is -2.18. The third kappa shape index (κ3) is 4.83. The Kier molecular flexibility index (Phi) is 6.07. The fourth-order valence-electron chi connectivity index (χ4n) is 3.26. The Morgan fingerprint density at radius 3 is 2.40 bits per heavy atom. The minimum absolute atomic E-state index is 0.0674. The quantitative estimate of drug-likeness (QED) is 0.538. The van der Waals surface area contributed by atoms with Crippen molar-refractivity contribution >= 4 is 5.96 Å². The first kappa shape index (κ1) is 17.5. The van der Waals surface area contributed by atoms with Gasteiger partial charge in [-0.2, -0.15) is 0 Å². The summed E-state index contributed by atoms with van der Waals surface area (Å²) in [7, 11) is 1.79. The topological polar surface area (TPSA) is 56.7 Å². The standard InChI is InChI=1S/C21H27N3O/c1-22-21(24-14-19(15-25)16-8-4-2-5-9-16)23-13-18-12-20(18)17-10-6-3-7-11-17/h2-11,18-20,25H,12-15H2,1H3,(H2,22,23,24). The minimum Gasteiger partial charge on any atom is -0.396 e. The second kappa shape index (κ2) is 8.67. The number of hydrogen-bond acceptors (Lipinski definition) is 2. The van der Waals surface area contributed by atoms with Gasteiger partial charge in [-0.1, -0.05) is 60.7 Å². The number of guanidine groups is 1. The van der Waals surface area contributed by atoms with Crippen molar-refractivity contribution in [2.24, 2.45) is 10.9 Å². The van der Waals surface area contributed by atoms with Crippen molar-refractivity contribution in [3.63, 3.8) is 0 Å². The predicted octanol–water partition coefficient (Wildman–Crippen LogP) is 2.73. The zero-order valence-corrected chi connectivity index (χ0v) is 14.7. The van der Waals surface area contributed by atoms with E-state index < -0.39 is 0 Å². The molecular weight excluding hydrogens is 310 g/mol. The van der Waals surface area contributed by atoms with E-state index in [2.05, 4.69) is 46.0 Å². The summed E-state index contributed by atoms with van der Waals surface area (Å²) in [5.41, 5.74) is 2.57. The summed E-state index contributed by atoms with van der Waals surface area (Å²) in [6, 6.07) is 20.8. The van der Waals surface area contributed by atoms with Gasteiger partial charge in [-0.05, 0) is 29.4 Å². The van der Waals surface area contributed by atoms with Crippen molar-refractivity contribution in [1.82, 2.24) is 10.6 Å². The molecule has 3 rings (SSSR count). The van der Waals surface area contributed by atoms with Gasteiger partial charge in [0.2, 0.25) is 0 Å². The molecule has 1 aliphatic rings. The van der Waals surface area contributed by atoms with Gasteiger partial charge in [0.05, 0.1) is 6.61 Å². The Balaban J connectivity index is 1.44. The van der Waals surface area contributed by atoms with Crippen LogP contribution >= 0.6 is 0 Å². The van der Waals surface area contributed by atoms with Crippen LogP contribution in [0.3, 0.4) is 0 Å². The summed E-state index contributed by atoms with van der Waals surface area (Å²) in [6.07, 6.45) is 1.23. The molecule has 0 amide bonds. The first-order valence-corrected chi connectivity index (χ1v) is 8.97. The van der Waals surface area contributed by atoms with Gasteiger partial charge in [-0.3, -0.25) is 4.99 Å². The monoisotopic (exact) mass is 337 g/mol. The summed E-state index contributed by atoms with van der Waals surface area (Å²) >= 11 is 0. The van der Waals surface area contributed by atoms with Gasteiger partial charge >= 0.3 is 0 Å². The summed E-state index contributed by atoms with van der Waals surface area (Å²) in [6.45, 7) is 1.70. The van der Waals surface area contributed by atoms with E-state index in [0.717, 1.165) is 18.1 Å². The molecule has 0 aromatic heterocycles. The van der Waals surface area contributed by atoms with Gasteiger partial charge in [-0.25, -0.2) is 0 Å². The molecule has 25 heavy (non-hydrogen) atoms. The van der Waals surface area contributed by atoms with E-state index in [1.165, 1.54) is 12.0 Å². The van der Waals surface area contributed by atoms with Crippen LogP contribution in [0.2, 0.25) is 0 Å². The van der Waals surface area contributed by atoms with E-state index >= 15 is 0 Å². The normalized spacial score (nSPS) is 20.8. The number of nitrogens with one attached hydrogen (secondary N) is 2. The van der Waals surface area contributed by atoms with Crippen LogP contribution in [-0.4, -0.2) is 37.8 Å². The third-order valence-corrected chi connectivity index (χ3v) is 4.91. The molecule has 0 heterocycles. The van der Waals surface area contributed by atoms with Gasteiger partial charge in [0.25, 0.3) is 0 Å². The van der Waals surface area contributed by atoms with Crippen LogP contribution in [0.1, 0.15) is 29.4 Å². The molecule has 2 aromatic carbocycles. The van der Waals surface area contributed by atoms with Gasteiger partial charge in [-0.15, -0.1) is 0 Å². The highest BCUT2D eigenvalue weighted by atomic mass is 16.3. The van der Waals surface area contributed by atoms with Crippen molar-refractivity contribution in [2.75, 3.05) is 26.7 Å². The van der Waals surface area contributed by atoms with Crippen molar-refractivity contribution in [3.05, 3.63) is 71.8 Å². The van der Waals surface area contributed by atoms with E-state index in [4.69, 9.17) is 0 Å². The lowest BCUT2D eigenvalue weighted by Crippen LogP contribution is -2.40. The molecule has 4 heteroatoms. The molecule has 0 aliphatic heterocycles. The number of aliphatic imine (C=N–C) groups is 1. The number of aliphatic hydroxyl groups is 1. The molecule has 0 bridgehead atoms. The van der Waals surface area contributed by atoms with Crippen molar-refractivity contribution in [3.8, 4) is 0 Å². The second-order valence-electron chi connectivity index (χ2n) is 6.64. The van der Waals surface area contributed by atoms with Gasteiger partial charge in [0.15, 0.2) is 5.96 Å². The summed E-state index contributed by atoms with van der Waals surface area (Å²) in [5, 5.41) is 16.4. The smallest absolute Gasteiger partial charge is 0.191 e. The van der Waals surface area contributed by atoms with Crippen LogP contribution < -0.4 is 10.6 Å². The molecule has 0 spiro atoms. The molecule has 4 nitrogen and oxygen atoms in total. The minimum atomic E-state index is 0.0674. The maximum atomic E-state index is 9.65. The molecule has 0 saturated heterocycles. The van der Waals surface area contributed by atoms with E-state index in [1.54, 1.807) is 7.05 Å². The summed E-state index contributed by atoms with van der Waals surface area (Å²) in [5.74, 6) is 2.20. The van der Waals surface area contributed by atoms with Gasteiger partial charge in [0, 0.05) is 26.1 Å². The first-order chi connectivity index (χ1) is 12.3. The predicted molar refractivity (Wildman–Crippen MR) is 103 cm³/mol. The fraction of sp³-hybridized carbons (Fsp3) is 0.381. The molecule has 132 valence electrons. The Morgan fingerprint density at radius 2 is 1.76 bits per heavy atom. The Labute approximate surface area is 150 Å². The highest BCUT2D eigenvalue weighted by Gasteiger charge is 2.37. The molecule has 3 atom stereocenters. The van der Waals surface area contributed by atoms with Gasteiger partial charge in [0.1, 0.15) is 0 Å². The Bertz CT molecular complexity index is 672. The van der Waals surface area contributed by atoms with Crippen molar-refractivity contribution < 1.29 is 5.11 Å². The zero-order chi connectivity index (χ0) is 17.5. The second-order valence-corrected chi connectivity index (χ2v) is 6.64.